The van der Waals surface area contributed by atoms with Crippen molar-refractivity contribution in [1.82, 2.24) is 19.9 Å². The van der Waals surface area contributed by atoms with Crippen LogP contribution >= 0.6 is 11.8 Å². The van der Waals surface area contributed by atoms with Gasteiger partial charge in [0.2, 0.25) is 5.91 Å². The molecule has 124 valence electrons. The highest BCUT2D eigenvalue weighted by Gasteiger charge is 2.31. The van der Waals surface area contributed by atoms with Crippen molar-refractivity contribution in [2.75, 3.05) is 5.32 Å². The first-order valence-electron chi connectivity index (χ1n) is 7.96. The number of nitrogens with zero attached hydrogens (tertiary/aromatic N) is 4. The SMILES string of the molecule is CCC(Sc1nnc(C2CC2)n1CC)C(=O)Nc1cc(C)on1. The third kappa shape index (κ3) is 3.57. The molecule has 2 heterocycles. The highest BCUT2D eigenvalue weighted by atomic mass is 32.2. The second-order valence-electron chi connectivity index (χ2n) is 5.69. The number of rotatable bonds is 7. The molecular weight excluding hydrogens is 314 g/mol. The minimum Gasteiger partial charge on any atom is -0.360 e. The van der Waals surface area contributed by atoms with Gasteiger partial charge in [0, 0.05) is 18.5 Å². The monoisotopic (exact) mass is 335 g/mol. The van der Waals surface area contributed by atoms with E-state index in [1.165, 1.54) is 24.6 Å². The summed E-state index contributed by atoms with van der Waals surface area (Å²) in [6, 6.07) is 1.70. The molecular formula is C15H21N5O2S. The number of amides is 1. The molecule has 0 spiro atoms. The Morgan fingerprint density at radius 3 is 2.83 bits per heavy atom. The number of hydrogen-bond donors (Lipinski definition) is 1. The number of carbonyl (C=O) groups is 1. The second kappa shape index (κ2) is 6.74. The molecule has 1 aliphatic carbocycles. The van der Waals surface area contributed by atoms with Crippen molar-refractivity contribution < 1.29 is 9.32 Å². The van der Waals surface area contributed by atoms with Gasteiger partial charge in [-0.05, 0) is 33.1 Å². The lowest BCUT2D eigenvalue weighted by molar-refractivity contribution is -0.115. The summed E-state index contributed by atoms with van der Waals surface area (Å²) in [5.41, 5.74) is 0. The van der Waals surface area contributed by atoms with Crippen LogP contribution in [0.4, 0.5) is 5.82 Å². The van der Waals surface area contributed by atoms with Gasteiger partial charge in [-0.15, -0.1) is 10.2 Å². The van der Waals surface area contributed by atoms with Gasteiger partial charge < -0.3 is 14.4 Å². The molecule has 0 radical (unpaired) electrons. The normalized spacial score (nSPS) is 15.6. The zero-order chi connectivity index (χ0) is 16.4. The number of hydrogen-bond acceptors (Lipinski definition) is 6. The summed E-state index contributed by atoms with van der Waals surface area (Å²) in [5.74, 6) is 2.62. The molecule has 1 amide bonds. The number of aromatic nitrogens is 4. The Balaban J connectivity index is 1.70. The molecule has 0 bridgehead atoms. The molecule has 7 nitrogen and oxygen atoms in total. The lowest BCUT2D eigenvalue weighted by Crippen LogP contribution is -2.25. The van der Waals surface area contributed by atoms with E-state index in [2.05, 4.69) is 32.2 Å². The summed E-state index contributed by atoms with van der Waals surface area (Å²) >= 11 is 1.46. The average molecular weight is 335 g/mol. The summed E-state index contributed by atoms with van der Waals surface area (Å²) in [6.45, 7) is 6.68. The number of aryl methyl sites for hydroxylation is 1. The van der Waals surface area contributed by atoms with E-state index in [-0.39, 0.29) is 11.2 Å². The molecule has 1 saturated carbocycles. The fraction of sp³-hybridized carbons (Fsp3) is 0.600. The fourth-order valence-corrected chi connectivity index (χ4v) is 3.43. The van der Waals surface area contributed by atoms with Crippen LogP contribution in [-0.4, -0.2) is 31.1 Å². The molecule has 8 heteroatoms. The van der Waals surface area contributed by atoms with E-state index < -0.39 is 0 Å². The Morgan fingerprint density at radius 2 is 2.26 bits per heavy atom. The Bertz CT molecular complexity index is 692. The summed E-state index contributed by atoms with van der Waals surface area (Å²) in [5, 5.41) is 15.8. The van der Waals surface area contributed by atoms with Gasteiger partial charge in [-0.1, -0.05) is 23.8 Å². The van der Waals surface area contributed by atoms with Crippen molar-refractivity contribution in [3.8, 4) is 0 Å². The zero-order valence-corrected chi connectivity index (χ0v) is 14.4. The second-order valence-corrected chi connectivity index (χ2v) is 6.86. The van der Waals surface area contributed by atoms with Crippen LogP contribution in [0.1, 0.15) is 50.6 Å². The van der Waals surface area contributed by atoms with Crippen LogP contribution in [0.5, 0.6) is 0 Å². The molecule has 23 heavy (non-hydrogen) atoms. The van der Waals surface area contributed by atoms with Crippen LogP contribution in [0.15, 0.2) is 15.7 Å². The first kappa shape index (κ1) is 16.0. The summed E-state index contributed by atoms with van der Waals surface area (Å²) in [4.78, 5) is 12.4. The molecule has 1 aliphatic rings. The molecule has 2 aromatic rings. The third-order valence-electron chi connectivity index (χ3n) is 3.79. The summed E-state index contributed by atoms with van der Waals surface area (Å²) in [7, 11) is 0. The maximum absolute atomic E-state index is 12.4. The fourth-order valence-electron chi connectivity index (χ4n) is 2.41. The Hall–Kier alpha value is -1.83. The van der Waals surface area contributed by atoms with Gasteiger partial charge in [0.1, 0.15) is 11.6 Å². The molecule has 1 unspecified atom stereocenters. The van der Waals surface area contributed by atoms with E-state index in [1.54, 1.807) is 13.0 Å². The highest BCUT2D eigenvalue weighted by Crippen LogP contribution is 2.40. The predicted octanol–water partition coefficient (Wildman–Crippen LogP) is 2.98. The molecule has 0 aliphatic heterocycles. The molecule has 1 atom stereocenters. The van der Waals surface area contributed by atoms with Crippen LogP contribution in [0.2, 0.25) is 0 Å². The molecule has 3 rings (SSSR count). The van der Waals surface area contributed by atoms with Crippen molar-refractivity contribution >= 4 is 23.5 Å². The topological polar surface area (TPSA) is 85.8 Å². The van der Waals surface area contributed by atoms with E-state index in [9.17, 15) is 4.79 Å². The van der Waals surface area contributed by atoms with Crippen LogP contribution in [0.25, 0.3) is 0 Å². The Morgan fingerprint density at radius 1 is 1.48 bits per heavy atom. The van der Waals surface area contributed by atoms with Gasteiger partial charge in [-0.2, -0.15) is 0 Å². The first-order chi connectivity index (χ1) is 11.1. The van der Waals surface area contributed by atoms with Crippen LogP contribution in [0.3, 0.4) is 0 Å². The molecule has 2 aromatic heterocycles. The van der Waals surface area contributed by atoms with E-state index in [4.69, 9.17) is 4.52 Å². The van der Waals surface area contributed by atoms with E-state index >= 15 is 0 Å². The van der Waals surface area contributed by atoms with Crippen LogP contribution in [-0.2, 0) is 11.3 Å². The standard InChI is InChI=1S/C15H21N5O2S/c1-4-11(14(21)16-12-8-9(3)22-19-12)23-15-18-17-13(10-6-7-10)20(15)5-2/h8,10-11H,4-7H2,1-3H3,(H,16,19,21). The zero-order valence-electron chi connectivity index (χ0n) is 13.6. The molecule has 0 aromatic carbocycles. The van der Waals surface area contributed by atoms with Gasteiger partial charge in [-0.25, -0.2) is 0 Å². The molecule has 0 saturated heterocycles. The maximum atomic E-state index is 12.4. The minimum atomic E-state index is -0.242. The van der Waals surface area contributed by atoms with Gasteiger partial charge in [0.25, 0.3) is 0 Å². The maximum Gasteiger partial charge on any atom is 0.239 e. The van der Waals surface area contributed by atoms with Crippen molar-refractivity contribution in [1.29, 1.82) is 0 Å². The summed E-state index contributed by atoms with van der Waals surface area (Å²) in [6.07, 6.45) is 3.07. The van der Waals surface area contributed by atoms with E-state index in [1.807, 2.05) is 6.92 Å². The number of anilines is 1. The third-order valence-corrected chi connectivity index (χ3v) is 5.14. The van der Waals surface area contributed by atoms with Crippen LogP contribution in [0, 0.1) is 6.92 Å². The minimum absolute atomic E-state index is 0.0931. The predicted molar refractivity (Wildman–Crippen MR) is 87.5 cm³/mol. The van der Waals surface area contributed by atoms with E-state index in [0.29, 0.717) is 23.9 Å². The smallest absolute Gasteiger partial charge is 0.239 e. The quantitative estimate of drug-likeness (QED) is 0.783. The van der Waals surface area contributed by atoms with Gasteiger partial charge in [-0.3, -0.25) is 4.79 Å². The summed E-state index contributed by atoms with van der Waals surface area (Å²) < 4.78 is 7.10. The molecule has 1 fully saturated rings. The van der Waals surface area contributed by atoms with Crippen molar-refractivity contribution in [3.63, 3.8) is 0 Å². The Kier molecular flexibility index (Phi) is 4.70. The highest BCUT2D eigenvalue weighted by molar-refractivity contribution is 8.00. The number of nitrogens with one attached hydrogen (secondary N) is 1. The van der Waals surface area contributed by atoms with E-state index in [0.717, 1.165) is 17.5 Å². The van der Waals surface area contributed by atoms with Gasteiger partial charge in [0.05, 0.1) is 5.25 Å². The lowest BCUT2D eigenvalue weighted by atomic mass is 10.3. The number of carbonyl (C=O) groups excluding carboxylic acids is 1. The van der Waals surface area contributed by atoms with Crippen LogP contribution < -0.4 is 5.32 Å². The largest absolute Gasteiger partial charge is 0.360 e. The Labute approximate surface area is 139 Å². The molecule has 1 N–H and O–H groups in total. The van der Waals surface area contributed by atoms with Gasteiger partial charge >= 0.3 is 0 Å². The average Bonchev–Trinajstić information content (AvgIpc) is 3.18. The van der Waals surface area contributed by atoms with Gasteiger partial charge in [0.15, 0.2) is 11.0 Å². The van der Waals surface area contributed by atoms with Crippen molar-refractivity contribution in [2.45, 2.75) is 62.9 Å². The number of thioether (sulfide) groups is 1. The van der Waals surface area contributed by atoms with Crippen molar-refractivity contribution in [2.24, 2.45) is 0 Å². The van der Waals surface area contributed by atoms with Crippen molar-refractivity contribution in [3.05, 3.63) is 17.7 Å². The lowest BCUT2D eigenvalue weighted by Gasteiger charge is -2.13. The first-order valence-corrected chi connectivity index (χ1v) is 8.84.